The second-order valence-electron chi connectivity index (χ2n) is 2.38. The van der Waals surface area contributed by atoms with Crippen molar-refractivity contribution in [1.82, 2.24) is 0 Å². The molecule has 0 amide bonds. The van der Waals surface area contributed by atoms with Gasteiger partial charge in [-0.3, -0.25) is 0 Å². The zero-order valence-electron chi connectivity index (χ0n) is 5.31. The Morgan fingerprint density at radius 3 is 2.88 bits per heavy atom. The van der Waals surface area contributed by atoms with Crippen LogP contribution in [-0.2, 0) is 4.74 Å². The summed E-state index contributed by atoms with van der Waals surface area (Å²) in [6.45, 7) is 4.96. The van der Waals surface area contributed by atoms with E-state index in [-0.39, 0.29) is 0 Å². The summed E-state index contributed by atoms with van der Waals surface area (Å²) < 4.78 is 5.19. The van der Waals surface area contributed by atoms with Crippen molar-refractivity contribution in [2.24, 2.45) is 0 Å². The Kier molecular flexibility index (Phi) is 1.86. The van der Waals surface area contributed by atoms with Crippen molar-refractivity contribution in [3.05, 3.63) is 7.05 Å². The highest BCUT2D eigenvalue weighted by Gasteiger charge is 2.12. The molecule has 1 rings (SSSR count). The number of ether oxygens (including phenoxy) is 1. The largest absolute Gasteiger partial charge is 0.462 e. The van der Waals surface area contributed by atoms with Crippen LogP contribution < -0.4 is 4.90 Å². The second kappa shape index (κ2) is 2.46. The lowest BCUT2D eigenvalue weighted by Gasteiger charge is -2.32. The Balaban J connectivity index is 2.28. The molecule has 0 aromatic rings. The van der Waals surface area contributed by atoms with Crippen molar-refractivity contribution < 1.29 is 9.64 Å². The molecule has 2 nitrogen and oxygen atoms in total. The molecule has 1 unspecified atom stereocenters. The van der Waals surface area contributed by atoms with Crippen LogP contribution in [0.1, 0.15) is 6.92 Å². The number of hydrogen-bond donors (Lipinski definition) is 1. The molecular weight excluding hydrogens is 102 g/mol. The van der Waals surface area contributed by atoms with Crippen molar-refractivity contribution in [2.45, 2.75) is 13.0 Å². The van der Waals surface area contributed by atoms with E-state index in [0.29, 0.717) is 6.04 Å². The average Bonchev–Trinajstić information content (AvgIpc) is 1.77. The molecule has 0 aromatic heterocycles. The molecule has 0 bridgehead atoms. The lowest BCUT2D eigenvalue weighted by atomic mass is 10.3. The van der Waals surface area contributed by atoms with Gasteiger partial charge in [0.2, 0.25) is 0 Å². The monoisotopic (exact) mass is 115 g/mol. The third kappa shape index (κ3) is 1.20. The molecule has 0 aromatic carbocycles. The Morgan fingerprint density at radius 1 is 1.75 bits per heavy atom. The Morgan fingerprint density at radius 2 is 2.50 bits per heavy atom. The van der Waals surface area contributed by atoms with Crippen molar-refractivity contribution >= 4 is 0 Å². The van der Waals surface area contributed by atoms with E-state index in [9.17, 15) is 0 Å². The molecule has 0 radical (unpaired) electrons. The summed E-state index contributed by atoms with van der Waals surface area (Å²) >= 11 is 0. The zero-order valence-corrected chi connectivity index (χ0v) is 5.31. The minimum atomic E-state index is 0.587. The first-order valence-corrected chi connectivity index (χ1v) is 3.06. The predicted molar refractivity (Wildman–Crippen MR) is 31.5 cm³/mol. The average molecular weight is 115 g/mol. The zero-order chi connectivity index (χ0) is 5.98. The van der Waals surface area contributed by atoms with Gasteiger partial charge in [-0.2, -0.15) is 7.05 Å². The first-order chi connectivity index (χ1) is 3.80. The fourth-order valence-corrected chi connectivity index (χ4v) is 0.828. The fourth-order valence-electron chi connectivity index (χ4n) is 0.828. The van der Waals surface area contributed by atoms with Gasteiger partial charge in [0.15, 0.2) is 0 Å². The molecule has 1 N–H and O–H groups in total. The molecule has 1 aliphatic heterocycles. The molecule has 1 aliphatic rings. The summed E-state index contributed by atoms with van der Waals surface area (Å²) in [5.41, 5.74) is 0. The van der Waals surface area contributed by atoms with Crippen LogP contribution in [0.3, 0.4) is 0 Å². The molecule has 2 heteroatoms. The van der Waals surface area contributed by atoms with Crippen LogP contribution in [0.5, 0.6) is 0 Å². The van der Waals surface area contributed by atoms with E-state index in [4.69, 9.17) is 4.74 Å². The summed E-state index contributed by atoms with van der Waals surface area (Å²) in [4.78, 5) is 1.34. The molecule has 0 aliphatic carbocycles. The van der Waals surface area contributed by atoms with Crippen molar-refractivity contribution in [1.29, 1.82) is 0 Å². The second-order valence-corrected chi connectivity index (χ2v) is 2.38. The standard InChI is InChI=1S/C6H13NO/c1-6-5-8-4-3-7(6)2/h6-7H,2-5H2,1H3/t6-/m1/s1. The van der Waals surface area contributed by atoms with Crippen molar-refractivity contribution in [3.8, 4) is 0 Å². The van der Waals surface area contributed by atoms with Crippen LogP contribution in [-0.4, -0.2) is 25.8 Å². The van der Waals surface area contributed by atoms with Gasteiger partial charge in [0.25, 0.3) is 0 Å². The van der Waals surface area contributed by atoms with Gasteiger partial charge in [-0.25, -0.2) is 0 Å². The highest BCUT2D eigenvalue weighted by molar-refractivity contribution is 4.49. The van der Waals surface area contributed by atoms with E-state index in [0.717, 1.165) is 19.8 Å². The summed E-state index contributed by atoms with van der Waals surface area (Å²) in [5, 5.41) is 0. The predicted octanol–water partition coefficient (Wildman–Crippen LogP) is -0.918. The SMILES string of the molecule is [CH2-][NH+]1CCOC[C@H]1C. The molecule has 2 atom stereocenters. The Bertz CT molecular complexity index is 64.9. The summed E-state index contributed by atoms with van der Waals surface area (Å²) in [7, 11) is 3.92. The smallest absolute Gasteiger partial charge is 0.0963 e. The highest BCUT2D eigenvalue weighted by atomic mass is 16.5. The third-order valence-electron chi connectivity index (χ3n) is 1.63. The van der Waals surface area contributed by atoms with Crippen LogP contribution in [0.25, 0.3) is 0 Å². The molecule has 48 valence electrons. The van der Waals surface area contributed by atoms with Crippen LogP contribution in [0, 0.1) is 7.05 Å². The summed E-state index contributed by atoms with van der Waals surface area (Å²) in [6, 6.07) is 0.587. The molecular formula is C6H13NO. The van der Waals surface area contributed by atoms with Gasteiger partial charge in [-0.05, 0) is 6.92 Å². The van der Waals surface area contributed by atoms with E-state index in [1.807, 2.05) is 0 Å². The van der Waals surface area contributed by atoms with Gasteiger partial charge in [0.1, 0.15) is 0 Å². The quantitative estimate of drug-likeness (QED) is 0.403. The van der Waals surface area contributed by atoms with Crippen molar-refractivity contribution in [3.63, 3.8) is 0 Å². The first-order valence-electron chi connectivity index (χ1n) is 3.06. The van der Waals surface area contributed by atoms with Crippen LogP contribution >= 0.6 is 0 Å². The van der Waals surface area contributed by atoms with E-state index >= 15 is 0 Å². The fraction of sp³-hybridized carbons (Fsp3) is 0.833. The molecule has 1 heterocycles. The number of nitrogens with one attached hydrogen (secondary N) is 1. The molecule has 1 saturated heterocycles. The normalized spacial score (nSPS) is 39.8. The van der Waals surface area contributed by atoms with Gasteiger partial charge in [0.05, 0.1) is 25.8 Å². The van der Waals surface area contributed by atoms with E-state index in [1.54, 1.807) is 0 Å². The van der Waals surface area contributed by atoms with Crippen LogP contribution in [0.15, 0.2) is 0 Å². The maximum Gasteiger partial charge on any atom is 0.0963 e. The molecule has 0 saturated carbocycles. The van der Waals surface area contributed by atoms with Gasteiger partial charge >= 0.3 is 0 Å². The minimum absolute atomic E-state index is 0.587. The molecule has 0 spiro atoms. The number of rotatable bonds is 0. The number of morpholine rings is 1. The first kappa shape index (κ1) is 6.05. The summed E-state index contributed by atoms with van der Waals surface area (Å²) in [6.07, 6.45) is 0. The van der Waals surface area contributed by atoms with E-state index < -0.39 is 0 Å². The lowest BCUT2D eigenvalue weighted by molar-refractivity contribution is -0.888. The third-order valence-corrected chi connectivity index (χ3v) is 1.63. The van der Waals surface area contributed by atoms with E-state index in [2.05, 4.69) is 14.0 Å². The van der Waals surface area contributed by atoms with Gasteiger partial charge in [-0.1, -0.05) is 0 Å². The van der Waals surface area contributed by atoms with Gasteiger partial charge in [0, 0.05) is 0 Å². The molecule has 1 fully saturated rings. The van der Waals surface area contributed by atoms with E-state index in [1.165, 1.54) is 4.90 Å². The van der Waals surface area contributed by atoms with Gasteiger partial charge < -0.3 is 9.64 Å². The lowest BCUT2D eigenvalue weighted by Crippen LogP contribution is -3.12. The molecule has 8 heavy (non-hydrogen) atoms. The topological polar surface area (TPSA) is 13.7 Å². The maximum absolute atomic E-state index is 5.19. The minimum Gasteiger partial charge on any atom is -0.462 e. The van der Waals surface area contributed by atoms with Crippen molar-refractivity contribution in [2.75, 3.05) is 19.8 Å². The summed E-state index contributed by atoms with van der Waals surface area (Å²) in [5.74, 6) is 0. The van der Waals surface area contributed by atoms with Crippen LogP contribution in [0.2, 0.25) is 0 Å². The number of quaternary nitrogens is 1. The van der Waals surface area contributed by atoms with Gasteiger partial charge in [-0.15, -0.1) is 0 Å². The highest BCUT2D eigenvalue weighted by Crippen LogP contribution is 1.83. The Labute approximate surface area is 50.4 Å². The Hall–Kier alpha value is -0.0800. The number of hydrogen-bond acceptors (Lipinski definition) is 1. The maximum atomic E-state index is 5.19. The van der Waals surface area contributed by atoms with Crippen LogP contribution in [0.4, 0.5) is 0 Å².